The second kappa shape index (κ2) is 4.59. The Morgan fingerprint density at radius 3 is 1.88 bits per heavy atom. The molecule has 0 aromatic carbocycles. The number of nitrogens with two attached hydrogens (primary N) is 1. The molecule has 48 valence electrons. The minimum atomic E-state index is -0.845. The van der Waals surface area contributed by atoms with E-state index in [1.807, 2.05) is 0 Å². The third-order valence-electron chi connectivity index (χ3n) is 0.596. The Labute approximate surface area is 53.7 Å². The van der Waals surface area contributed by atoms with Crippen molar-refractivity contribution in [3.63, 3.8) is 0 Å². The van der Waals surface area contributed by atoms with Crippen molar-refractivity contribution in [2.75, 3.05) is 0 Å². The standard InChI is InChI=1S/C4H7NO2.ClH/c1-2-3(6)4(5)7;/h2H2,1H3,(H2,5,7);1H. The predicted molar refractivity (Wildman–Crippen MR) is 31.7 cm³/mol. The highest BCUT2D eigenvalue weighted by molar-refractivity contribution is 6.35. The van der Waals surface area contributed by atoms with Gasteiger partial charge in [0.15, 0.2) is 0 Å². The number of primary amides is 1. The molecule has 0 saturated heterocycles. The maximum atomic E-state index is 10.0. The van der Waals surface area contributed by atoms with Crippen LogP contribution in [0.3, 0.4) is 0 Å². The summed E-state index contributed by atoms with van der Waals surface area (Å²) in [4.78, 5) is 19.8. The Hall–Kier alpha value is -0.570. The highest BCUT2D eigenvalue weighted by Crippen LogP contribution is 1.74. The van der Waals surface area contributed by atoms with Gasteiger partial charge in [-0.25, -0.2) is 0 Å². The van der Waals surface area contributed by atoms with E-state index in [2.05, 4.69) is 5.73 Å². The number of ketones is 1. The molecule has 0 unspecified atom stereocenters. The first-order valence-corrected chi connectivity index (χ1v) is 2.01. The first-order valence-electron chi connectivity index (χ1n) is 2.01. The Kier molecular flexibility index (Phi) is 5.97. The van der Waals surface area contributed by atoms with Crippen LogP contribution in [0.4, 0.5) is 0 Å². The van der Waals surface area contributed by atoms with Crippen LogP contribution in [-0.4, -0.2) is 11.7 Å². The largest absolute Gasteiger partial charge is 0.363 e. The van der Waals surface area contributed by atoms with E-state index in [0.29, 0.717) is 0 Å². The number of carbonyl (C=O) groups excluding carboxylic acids is 2. The van der Waals surface area contributed by atoms with Crippen LogP contribution in [0.2, 0.25) is 0 Å². The van der Waals surface area contributed by atoms with E-state index >= 15 is 0 Å². The second-order valence-electron chi connectivity index (χ2n) is 1.14. The number of rotatable bonds is 2. The molecule has 0 heterocycles. The molecular weight excluding hydrogens is 130 g/mol. The second-order valence-corrected chi connectivity index (χ2v) is 1.14. The fourth-order valence-electron chi connectivity index (χ4n) is 0.174. The van der Waals surface area contributed by atoms with Gasteiger partial charge in [-0.2, -0.15) is 0 Å². The monoisotopic (exact) mass is 137 g/mol. The molecule has 0 aromatic heterocycles. The lowest BCUT2D eigenvalue weighted by Crippen LogP contribution is -2.21. The number of hydrogen-bond donors (Lipinski definition) is 1. The van der Waals surface area contributed by atoms with Gasteiger partial charge in [-0.15, -0.1) is 12.4 Å². The van der Waals surface area contributed by atoms with Crippen molar-refractivity contribution in [3.05, 3.63) is 0 Å². The van der Waals surface area contributed by atoms with E-state index in [-0.39, 0.29) is 18.8 Å². The lowest BCUT2D eigenvalue weighted by molar-refractivity contribution is -0.135. The quantitative estimate of drug-likeness (QED) is 0.539. The van der Waals surface area contributed by atoms with Crippen molar-refractivity contribution < 1.29 is 9.59 Å². The van der Waals surface area contributed by atoms with Crippen molar-refractivity contribution in [1.82, 2.24) is 0 Å². The molecule has 4 heteroatoms. The van der Waals surface area contributed by atoms with Crippen LogP contribution in [0.1, 0.15) is 13.3 Å². The van der Waals surface area contributed by atoms with Crippen molar-refractivity contribution in [3.8, 4) is 0 Å². The average Bonchev–Trinajstić information content (AvgIpc) is 1.65. The third-order valence-corrected chi connectivity index (χ3v) is 0.596. The van der Waals surface area contributed by atoms with Gasteiger partial charge in [0.1, 0.15) is 0 Å². The summed E-state index contributed by atoms with van der Waals surface area (Å²) >= 11 is 0. The zero-order valence-corrected chi connectivity index (χ0v) is 5.33. The number of carbonyl (C=O) groups is 2. The van der Waals surface area contributed by atoms with Gasteiger partial charge in [0.05, 0.1) is 0 Å². The first-order chi connectivity index (χ1) is 3.18. The molecule has 2 N–H and O–H groups in total. The van der Waals surface area contributed by atoms with Crippen LogP contribution in [0.25, 0.3) is 0 Å². The van der Waals surface area contributed by atoms with E-state index in [4.69, 9.17) is 0 Å². The molecule has 8 heavy (non-hydrogen) atoms. The molecule has 0 aromatic rings. The summed E-state index contributed by atoms with van der Waals surface area (Å²) in [7, 11) is 0. The van der Waals surface area contributed by atoms with Gasteiger partial charge in [-0.1, -0.05) is 6.92 Å². The summed E-state index contributed by atoms with van der Waals surface area (Å²) in [6.45, 7) is 1.59. The van der Waals surface area contributed by atoms with Gasteiger partial charge in [-0.05, 0) is 0 Å². The topological polar surface area (TPSA) is 60.2 Å². The smallest absolute Gasteiger partial charge is 0.284 e. The molecule has 0 fully saturated rings. The fourth-order valence-corrected chi connectivity index (χ4v) is 0.174. The number of Topliss-reactive ketones (excluding diaryl/α,β-unsaturated/α-hetero) is 1. The summed E-state index contributed by atoms with van der Waals surface area (Å²) in [5.41, 5.74) is 4.56. The molecule has 0 aliphatic carbocycles. The van der Waals surface area contributed by atoms with E-state index in [1.54, 1.807) is 6.92 Å². The molecule has 0 spiro atoms. The van der Waals surface area contributed by atoms with E-state index < -0.39 is 11.7 Å². The van der Waals surface area contributed by atoms with Gasteiger partial charge < -0.3 is 5.73 Å². The normalized spacial score (nSPS) is 7.12. The van der Waals surface area contributed by atoms with Gasteiger partial charge in [0.25, 0.3) is 5.91 Å². The maximum Gasteiger partial charge on any atom is 0.284 e. The van der Waals surface area contributed by atoms with Crippen molar-refractivity contribution in [2.45, 2.75) is 13.3 Å². The van der Waals surface area contributed by atoms with E-state index in [1.165, 1.54) is 0 Å². The van der Waals surface area contributed by atoms with Gasteiger partial charge in [0, 0.05) is 6.42 Å². The minimum absolute atomic E-state index is 0. The van der Waals surface area contributed by atoms with Crippen LogP contribution in [0.15, 0.2) is 0 Å². The molecular formula is C4H8ClNO2. The van der Waals surface area contributed by atoms with Crippen LogP contribution in [-0.2, 0) is 9.59 Å². The lowest BCUT2D eigenvalue weighted by Gasteiger charge is -1.82. The highest BCUT2D eigenvalue weighted by atomic mass is 35.5. The summed E-state index contributed by atoms with van der Waals surface area (Å²) in [6.07, 6.45) is 0.204. The molecule has 0 radical (unpaired) electrons. The Bertz CT molecular complexity index is 102. The molecule has 3 nitrogen and oxygen atoms in total. The number of hydrogen-bond acceptors (Lipinski definition) is 2. The molecule has 0 saturated carbocycles. The van der Waals surface area contributed by atoms with Crippen molar-refractivity contribution in [1.29, 1.82) is 0 Å². The summed E-state index contributed by atoms with van der Waals surface area (Å²) < 4.78 is 0. The van der Waals surface area contributed by atoms with Crippen LogP contribution < -0.4 is 5.73 Å². The third kappa shape index (κ3) is 3.61. The zero-order valence-electron chi connectivity index (χ0n) is 4.51. The minimum Gasteiger partial charge on any atom is -0.363 e. The number of halogens is 1. The molecule has 0 atom stereocenters. The SMILES string of the molecule is CCC(=O)C(N)=O.Cl. The maximum absolute atomic E-state index is 10.0. The molecule has 0 bridgehead atoms. The molecule has 1 amide bonds. The van der Waals surface area contributed by atoms with Gasteiger partial charge in [0.2, 0.25) is 5.78 Å². The fraction of sp³-hybridized carbons (Fsp3) is 0.500. The van der Waals surface area contributed by atoms with Crippen LogP contribution in [0.5, 0.6) is 0 Å². The number of amides is 1. The predicted octanol–water partition coefficient (Wildman–Crippen LogP) is -0.127. The molecule has 0 aliphatic rings. The summed E-state index contributed by atoms with van der Waals surface area (Å²) in [5, 5.41) is 0. The first kappa shape index (κ1) is 10.4. The Balaban J connectivity index is 0. The Morgan fingerprint density at radius 2 is 1.88 bits per heavy atom. The van der Waals surface area contributed by atoms with Gasteiger partial charge in [-0.3, -0.25) is 9.59 Å². The molecule has 0 aliphatic heterocycles. The van der Waals surface area contributed by atoms with E-state index in [9.17, 15) is 9.59 Å². The summed E-state index contributed by atoms with van der Waals surface area (Å²) in [5.74, 6) is -1.36. The average molecular weight is 138 g/mol. The Morgan fingerprint density at radius 1 is 1.50 bits per heavy atom. The van der Waals surface area contributed by atoms with Gasteiger partial charge >= 0.3 is 0 Å². The van der Waals surface area contributed by atoms with E-state index in [0.717, 1.165) is 0 Å². The zero-order chi connectivity index (χ0) is 5.86. The van der Waals surface area contributed by atoms with Crippen LogP contribution in [0, 0.1) is 0 Å². The lowest BCUT2D eigenvalue weighted by atomic mass is 10.3. The highest BCUT2D eigenvalue weighted by Gasteiger charge is 2.02. The summed E-state index contributed by atoms with van der Waals surface area (Å²) in [6, 6.07) is 0. The van der Waals surface area contributed by atoms with Crippen molar-refractivity contribution in [2.24, 2.45) is 5.73 Å². The molecule has 0 rings (SSSR count). The van der Waals surface area contributed by atoms with Crippen molar-refractivity contribution >= 4 is 24.1 Å². The van der Waals surface area contributed by atoms with Crippen LogP contribution >= 0.6 is 12.4 Å².